The Morgan fingerprint density at radius 2 is 1.80 bits per heavy atom. The quantitative estimate of drug-likeness (QED) is 0.502. The lowest BCUT2D eigenvalue weighted by Gasteiger charge is -2.31. The van der Waals surface area contributed by atoms with Gasteiger partial charge in [-0.15, -0.1) is 0 Å². The number of aromatic nitrogens is 2. The number of fused-ring (bicyclic) bond motifs is 1. The Labute approximate surface area is 231 Å². The molecule has 4 rings (SSSR count). The van der Waals surface area contributed by atoms with E-state index in [1.807, 2.05) is 0 Å². The van der Waals surface area contributed by atoms with E-state index in [9.17, 15) is 22.8 Å². The average molecular weight is 565 g/mol. The molecular weight excluding hydrogens is 529 g/mol. The highest BCUT2D eigenvalue weighted by molar-refractivity contribution is 6.19. The van der Waals surface area contributed by atoms with E-state index in [0.717, 1.165) is 19.6 Å². The van der Waals surface area contributed by atoms with Crippen molar-refractivity contribution >= 4 is 17.4 Å². The number of nitrogens with zero attached hydrogens (tertiary/aromatic N) is 3. The van der Waals surface area contributed by atoms with Gasteiger partial charge in [-0.25, -0.2) is 4.79 Å². The molecule has 2 aliphatic heterocycles. The molecule has 1 saturated heterocycles. The predicted molar refractivity (Wildman–Crippen MR) is 141 cm³/mol. The number of carbonyl (C=O) groups excluding carboxylic acids is 2. The van der Waals surface area contributed by atoms with Crippen LogP contribution >= 0.6 is 0 Å². The fraction of sp³-hybridized carbons (Fsp3) is 0.536. The number of hydrogen-bond acceptors (Lipinski definition) is 7. The van der Waals surface area contributed by atoms with Crippen LogP contribution in [0.25, 0.3) is 5.57 Å². The number of benzene rings is 1. The van der Waals surface area contributed by atoms with E-state index in [2.05, 4.69) is 15.1 Å². The van der Waals surface area contributed by atoms with Crippen molar-refractivity contribution in [3.63, 3.8) is 0 Å². The van der Waals surface area contributed by atoms with Gasteiger partial charge in [0.25, 0.3) is 5.91 Å². The van der Waals surface area contributed by atoms with Gasteiger partial charge in [-0.1, -0.05) is 13.8 Å². The summed E-state index contributed by atoms with van der Waals surface area (Å²) in [6.45, 7) is 12.4. The van der Waals surface area contributed by atoms with Crippen LogP contribution in [0, 0.1) is 0 Å². The molecular formula is C28H35F3N4O5. The molecule has 40 heavy (non-hydrogen) atoms. The van der Waals surface area contributed by atoms with Crippen molar-refractivity contribution in [1.82, 2.24) is 20.0 Å². The van der Waals surface area contributed by atoms with Crippen LogP contribution in [0.2, 0.25) is 0 Å². The number of nitrogens with one attached hydrogen (secondary N) is 1. The molecule has 0 saturated carbocycles. The van der Waals surface area contributed by atoms with Crippen molar-refractivity contribution in [3.05, 3.63) is 52.5 Å². The first kappa shape index (κ1) is 29.6. The Bertz CT molecular complexity index is 1260. The van der Waals surface area contributed by atoms with Crippen molar-refractivity contribution in [3.8, 4) is 5.75 Å². The van der Waals surface area contributed by atoms with E-state index in [0.29, 0.717) is 31.1 Å². The number of ether oxygens (including phenoxy) is 3. The van der Waals surface area contributed by atoms with Gasteiger partial charge < -0.3 is 19.1 Å². The maximum Gasteiger partial charge on any atom is 0.435 e. The van der Waals surface area contributed by atoms with Crippen LogP contribution in [0.15, 0.2) is 30.0 Å². The van der Waals surface area contributed by atoms with Gasteiger partial charge >= 0.3 is 12.1 Å². The van der Waals surface area contributed by atoms with Crippen molar-refractivity contribution in [2.75, 3.05) is 46.0 Å². The minimum Gasteiger partial charge on any atom is -0.492 e. The molecule has 0 spiro atoms. The third kappa shape index (κ3) is 6.33. The number of aromatic amines is 1. The summed E-state index contributed by atoms with van der Waals surface area (Å²) in [6, 6.07) is 6.56. The molecule has 12 heteroatoms. The van der Waals surface area contributed by atoms with Crippen LogP contribution in [0.1, 0.15) is 61.9 Å². The summed E-state index contributed by atoms with van der Waals surface area (Å²) in [6.07, 6.45) is -5.42. The number of rotatable bonds is 7. The number of H-pyrrole nitrogens is 1. The molecule has 0 bridgehead atoms. The number of allylic oxidation sites excluding steroid dienone is 1. The zero-order chi connectivity index (χ0) is 29.2. The van der Waals surface area contributed by atoms with Gasteiger partial charge in [-0.3, -0.25) is 14.8 Å². The van der Waals surface area contributed by atoms with Gasteiger partial charge in [0.1, 0.15) is 12.4 Å². The minimum atomic E-state index is -4.83. The van der Waals surface area contributed by atoms with Crippen LogP contribution in [0.4, 0.5) is 13.2 Å². The summed E-state index contributed by atoms with van der Waals surface area (Å²) in [5.41, 5.74) is -2.50. The Balaban J connectivity index is 1.64. The fourth-order valence-corrected chi connectivity index (χ4v) is 4.90. The summed E-state index contributed by atoms with van der Waals surface area (Å²) in [5, 5.41) is 6.02. The molecule has 1 N–H and O–H groups in total. The maximum absolute atomic E-state index is 14.0. The van der Waals surface area contributed by atoms with Gasteiger partial charge in [0, 0.05) is 48.4 Å². The van der Waals surface area contributed by atoms with E-state index in [1.165, 1.54) is 11.8 Å². The molecule has 1 fully saturated rings. The van der Waals surface area contributed by atoms with Crippen molar-refractivity contribution in [2.24, 2.45) is 0 Å². The number of morpholine rings is 1. The van der Waals surface area contributed by atoms with E-state index in [1.54, 1.807) is 52.0 Å². The Morgan fingerprint density at radius 3 is 2.40 bits per heavy atom. The Kier molecular flexibility index (Phi) is 8.60. The number of hydrogen-bond donors (Lipinski definition) is 1. The Hall–Kier alpha value is -3.38. The number of alkyl halides is 3. The highest BCUT2D eigenvalue weighted by atomic mass is 19.4. The number of carbonyl (C=O) groups is 2. The molecule has 3 heterocycles. The van der Waals surface area contributed by atoms with Crippen LogP contribution in [0.5, 0.6) is 5.75 Å². The van der Waals surface area contributed by atoms with Gasteiger partial charge in [-0.2, -0.15) is 18.3 Å². The second-order valence-corrected chi connectivity index (χ2v) is 10.8. The van der Waals surface area contributed by atoms with Gasteiger partial charge in [0.15, 0.2) is 5.69 Å². The molecule has 1 amide bonds. The number of esters is 1. The molecule has 0 atom stereocenters. The first-order chi connectivity index (χ1) is 18.8. The summed E-state index contributed by atoms with van der Waals surface area (Å²) in [7, 11) is 0. The molecule has 9 nitrogen and oxygen atoms in total. The maximum atomic E-state index is 14.0. The predicted octanol–water partition coefficient (Wildman–Crippen LogP) is 4.26. The first-order valence-corrected chi connectivity index (χ1v) is 13.2. The van der Waals surface area contributed by atoms with Crippen LogP contribution in [0.3, 0.4) is 0 Å². The SMILES string of the molecule is CC1=C(C(=O)OC(C)C)c2c(C(F)(F)F)n[nH]c2C(C)(C)CN1C(=O)c1ccc(OCCN2CCOCC2)cc1. The summed E-state index contributed by atoms with van der Waals surface area (Å²) < 4.78 is 58.6. The van der Waals surface area contributed by atoms with E-state index < -0.39 is 35.3 Å². The van der Waals surface area contributed by atoms with Crippen LogP contribution < -0.4 is 4.74 Å². The normalized spacial score (nSPS) is 18.0. The molecule has 0 unspecified atom stereocenters. The standard InChI is InChI=1S/C28H35F3N4O5/c1-17(2)40-26(37)21-18(3)35(16-27(4,5)23-22(21)24(33-32-23)28(29,30)31)25(36)19-6-8-20(9-7-19)39-15-12-34-10-13-38-14-11-34/h6-9,17H,10-16H2,1-5H3,(H,32,33). The molecule has 2 aliphatic rings. The second-order valence-electron chi connectivity index (χ2n) is 10.8. The second kappa shape index (κ2) is 11.6. The van der Waals surface area contributed by atoms with E-state index >= 15 is 0 Å². The third-order valence-corrected chi connectivity index (χ3v) is 6.95. The molecule has 0 aliphatic carbocycles. The molecule has 1 aromatic heterocycles. The number of amides is 1. The van der Waals surface area contributed by atoms with Crippen LogP contribution in [-0.4, -0.2) is 84.0 Å². The summed E-state index contributed by atoms with van der Waals surface area (Å²) in [5.74, 6) is -0.836. The van der Waals surface area contributed by atoms with E-state index in [4.69, 9.17) is 14.2 Å². The van der Waals surface area contributed by atoms with Gasteiger partial charge in [0.2, 0.25) is 0 Å². The molecule has 0 radical (unpaired) electrons. The lowest BCUT2D eigenvalue weighted by molar-refractivity contribution is -0.142. The monoisotopic (exact) mass is 564 g/mol. The number of halogens is 3. The smallest absolute Gasteiger partial charge is 0.435 e. The van der Waals surface area contributed by atoms with Gasteiger partial charge in [-0.05, 0) is 45.0 Å². The summed E-state index contributed by atoms with van der Waals surface area (Å²) >= 11 is 0. The lowest BCUT2D eigenvalue weighted by atomic mass is 9.85. The molecule has 2 aromatic rings. The largest absolute Gasteiger partial charge is 0.492 e. The molecule has 1 aromatic carbocycles. The topological polar surface area (TPSA) is 97.0 Å². The highest BCUT2D eigenvalue weighted by Gasteiger charge is 2.46. The van der Waals surface area contributed by atoms with Crippen molar-refractivity contribution in [2.45, 2.75) is 52.3 Å². The molecule has 218 valence electrons. The van der Waals surface area contributed by atoms with Crippen molar-refractivity contribution < 1.29 is 37.0 Å². The van der Waals surface area contributed by atoms with Crippen molar-refractivity contribution in [1.29, 1.82) is 0 Å². The fourth-order valence-electron chi connectivity index (χ4n) is 4.90. The zero-order valence-corrected chi connectivity index (χ0v) is 23.4. The average Bonchev–Trinajstić information content (AvgIpc) is 3.31. The lowest BCUT2D eigenvalue weighted by Crippen LogP contribution is -2.39. The first-order valence-electron chi connectivity index (χ1n) is 13.2. The highest BCUT2D eigenvalue weighted by Crippen LogP contribution is 2.43. The zero-order valence-electron chi connectivity index (χ0n) is 23.4. The Morgan fingerprint density at radius 1 is 1.15 bits per heavy atom. The minimum absolute atomic E-state index is 0.000413. The summed E-state index contributed by atoms with van der Waals surface area (Å²) in [4.78, 5) is 30.6. The van der Waals surface area contributed by atoms with Crippen LogP contribution in [-0.2, 0) is 25.9 Å². The third-order valence-electron chi connectivity index (χ3n) is 6.95. The van der Waals surface area contributed by atoms with E-state index in [-0.39, 0.29) is 29.1 Å². The van der Waals surface area contributed by atoms with Gasteiger partial charge in [0.05, 0.1) is 30.6 Å².